The van der Waals surface area contributed by atoms with Crippen LogP contribution < -0.4 is 5.32 Å². The molecule has 0 unspecified atom stereocenters. The van der Waals surface area contributed by atoms with Crippen LogP contribution in [0, 0.1) is 13.8 Å². The SMILES string of the molecule is Cc1ccc(C(=O)Nc2cc(-c3ccccc3C)nn2CCO)cc1. The molecule has 0 fully saturated rings. The lowest BCUT2D eigenvalue weighted by Gasteiger charge is -2.07. The highest BCUT2D eigenvalue weighted by Gasteiger charge is 2.14. The van der Waals surface area contributed by atoms with Crippen molar-refractivity contribution in [1.29, 1.82) is 0 Å². The smallest absolute Gasteiger partial charge is 0.256 e. The summed E-state index contributed by atoms with van der Waals surface area (Å²) in [6.07, 6.45) is 0. The Morgan fingerprint density at radius 3 is 2.52 bits per heavy atom. The quantitative estimate of drug-likeness (QED) is 0.751. The van der Waals surface area contributed by atoms with E-state index in [4.69, 9.17) is 0 Å². The summed E-state index contributed by atoms with van der Waals surface area (Å²) >= 11 is 0. The Hall–Kier alpha value is -2.92. The summed E-state index contributed by atoms with van der Waals surface area (Å²) in [5.41, 5.74) is 4.56. The van der Waals surface area contributed by atoms with Gasteiger partial charge in [0.1, 0.15) is 5.82 Å². The summed E-state index contributed by atoms with van der Waals surface area (Å²) in [5, 5.41) is 16.7. The van der Waals surface area contributed by atoms with Crippen molar-refractivity contribution in [2.75, 3.05) is 11.9 Å². The molecule has 2 aromatic carbocycles. The molecule has 3 aromatic rings. The van der Waals surface area contributed by atoms with Crippen LogP contribution in [0.3, 0.4) is 0 Å². The van der Waals surface area contributed by atoms with Crippen molar-refractivity contribution in [3.63, 3.8) is 0 Å². The molecular weight excluding hydrogens is 314 g/mol. The third kappa shape index (κ3) is 3.78. The van der Waals surface area contributed by atoms with Crippen molar-refractivity contribution in [1.82, 2.24) is 9.78 Å². The first-order chi connectivity index (χ1) is 12.1. The summed E-state index contributed by atoms with van der Waals surface area (Å²) in [4.78, 5) is 12.5. The molecule has 3 rings (SSSR count). The molecule has 1 heterocycles. The normalized spacial score (nSPS) is 10.7. The number of carbonyl (C=O) groups excluding carboxylic acids is 1. The third-order valence-corrected chi connectivity index (χ3v) is 4.07. The first-order valence-corrected chi connectivity index (χ1v) is 8.21. The van der Waals surface area contributed by atoms with Gasteiger partial charge in [0.25, 0.3) is 5.91 Å². The number of amides is 1. The number of aliphatic hydroxyl groups excluding tert-OH is 1. The van der Waals surface area contributed by atoms with Gasteiger partial charge in [-0.3, -0.25) is 4.79 Å². The molecule has 5 heteroatoms. The van der Waals surface area contributed by atoms with Crippen LogP contribution in [0.25, 0.3) is 11.3 Å². The molecule has 0 aliphatic heterocycles. The van der Waals surface area contributed by atoms with Crippen LogP contribution in [0.15, 0.2) is 54.6 Å². The number of nitrogens with one attached hydrogen (secondary N) is 1. The fourth-order valence-electron chi connectivity index (χ4n) is 2.67. The Labute approximate surface area is 146 Å². The van der Waals surface area contributed by atoms with Crippen LogP contribution in [-0.4, -0.2) is 27.4 Å². The number of hydrogen-bond acceptors (Lipinski definition) is 3. The van der Waals surface area contributed by atoms with Crippen molar-refractivity contribution in [2.24, 2.45) is 0 Å². The number of nitrogens with zero attached hydrogens (tertiary/aromatic N) is 2. The second-order valence-corrected chi connectivity index (χ2v) is 6.00. The van der Waals surface area contributed by atoms with E-state index in [-0.39, 0.29) is 12.5 Å². The zero-order valence-electron chi connectivity index (χ0n) is 14.4. The van der Waals surface area contributed by atoms with Crippen LogP contribution >= 0.6 is 0 Å². The van der Waals surface area contributed by atoms with E-state index in [0.29, 0.717) is 17.9 Å². The van der Waals surface area contributed by atoms with Crippen LogP contribution in [-0.2, 0) is 6.54 Å². The predicted molar refractivity (Wildman–Crippen MR) is 98.6 cm³/mol. The maximum atomic E-state index is 12.5. The minimum atomic E-state index is -0.199. The highest BCUT2D eigenvalue weighted by Crippen LogP contribution is 2.25. The average molecular weight is 335 g/mol. The minimum Gasteiger partial charge on any atom is -0.394 e. The standard InChI is InChI=1S/C20H21N3O2/c1-14-7-9-16(10-8-14)20(25)21-19-13-18(22-23(19)11-12-24)17-6-4-3-5-15(17)2/h3-10,13,24H,11-12H2,1-2H3,(H,21,25). The molecule has 5 nitrogen and oxygen atoms in total. The Morgan fingerprint density at radius 1 is 1.12 bits per heavy atom. The lowest BCUT2D eigenvalue weighted by atomic mass is 10.1. The number of anilines is 1. The molecule has 1 aromatic heterocycles. The molecule has 25 heavy (non-hydrogen) atoms. The molecule has 0 aliphatic rings. The third-order valence-electron chi connectivity index (χ3n) is 4.07. The van der Waals surface area contributed by atoms with Crippen LogP contribution in [0.4, 0.5) is 5.82 Å². The van der Waals surface area contributed by atoms with Gasteiger partial charge in [-0.2, -0.15) is 5.10 Å². The molecule has 0 saturated carbocycles. The highest BCUT2D eigenvalue weighted by atomic mass is 16.3. The van der Waals surface area contributed by atoms with E-state index in [9.17, 15) is 9.90 Å². The molecule has 128 valence electrons. The van der Waals surface area contributed by atoms with E-state index in [1.54, 1.807) is 16.8 Å². The number of carbonyl (C=O) groups is 1. The molecule has 0 spiro atoms. The molecule has 0 bridgehead atoms. The fourth-order valence-corrected chi connectivity index (χ4v) is 2.67. The van der Waals surface area contributed by atoms with Crippen LogP contribution in [0.1, 0.15) is 21.5 Å². The molecule has 2 N–H and O–H groups in total. The van der Waals surface area contributed by atoms with Gasteiger partial charge in [-0.15, -0.1) is 0 Å². The summed E-state index contributed by atoms with van der Waals surface area (Å²) in [6.45, 7) is 4.26. The van der Waals surface area contributed by atoms with Crippen molar-refractivity contribution >= 4 is 11.7 Å². The van der Waals surface area contributed by atoms with Gasteiger partial charge < -0.3 is 10.4 Å². The maximum Gasteiger partial charge on any atom is 0.256 e. The first kappa shape index (κ1) is 16.9. The number of aliphatic hydroxyl groups is 1. The van der Waals surface area contributed by atoms with Crippen LogP contribution in [0.2, 0.25) is 0 Å². The van der Waals surface area contributed by atoms with Crippen LogP contribution in [0.5, 0.6) is 0 Å². The fraction of sp³-hybridized carbons (Fsp3) is 0.200. The lowest BCUT2D eigenvalue weighted by Crippen LogP contribution is -2.16. The van der Waals surface area contributed by atoms with Gasteiger partial charge in [-0.05, 0) is 31.5 Å². The Balaban J connectivity index is 1.91. The van der Waals surface area contributed by atoms with Crippen molar-refractivity contribution < 1.29 is 9.90 Å². The number of rotatable bonds is 5. The van der Waals surface area contributed by atoms with Gasteiger partial charge in [-0.1, -0.05) is 42.0 Å². The molecule has 0 radical (unpaired) electrons. The minimum absolute atomic E-state index is 0.0533. The van der Waals surface area contributed by atoms with Crippen molar-refractivity contribution in [3.8, 4) is 11.3 Å². The summed E-state index contributed by atoms with van der Waals surface area (Å²) in [7, 11) is 0. The van der Waals surface area contributed by atoms with E-state index in [0.717, 1.165) is 22.4 Å². The Bertz CT molecular complexity index is 882. The van der Waals surface area contributed by atoms with E-state index >= 15 is 0 Å². The number of aromatic nitrogens is 2. The summed E-state index contributed by atoms with van der Waals surface area (Å²) in [5.74, 6) is 0.369. The molecule has 0 atom stereocenters. The zero-order chi connectivity index (χ0) is 17.8. The number of hydrogen-bond donors (Lipinski definition) is 2. The second kappa shape index (κ2) is 7.32. The molecule has 0 saturated heterocycles. The maximum absolute atomic E-state index is 12.5. The average Bonchev–Trinajstić information content (AvgIpc) is 2.98. The topological polar surface area (TPSA) is 67.2 Å². The van der Waals surface area contributed by atoms with Gasteiger partial charge in [0.2, 0.25) is 0 Å². The molecular formula is C20H21N3O2. The van der Waals surface area contributed by atoms with Gasteiger partial charge in [0.05, 0.1) is 18.8 Å². The van der Waals surface area contributed by atoms with Gasteiger partial charge in [0.15, 0.2) is 0 Å². The Kier molecular flexibility index (Phi) is 4.95. The summed E-state index contributed by atoms with van der Waals surface area (Å²) in [6, 6.07) is 17.2. The summed E-state index contributed by atoms with van der Waals surface area (Å²) < 4.78 is 1.62. The van der Waals surface area contributed by atoms with Crippen molar-refractivity contribution in [2.45, 2.75) is 20.4 Å². The molecule has 0 aliphatic carbocycles. The van der Waals surface area contributed by atoms with Gasteiger partial charge in [-0.25, -0.2) is 4.68 Å². The van der Waals surface area contributed by atoms with E-state index < -0.39 is 0 Å². The van der Waals surface area contributed by atoms with E-state index in [1.807, 2.05) is 56.3 Å². The van der Waals surface area contributed by atoms with Gasteiger partial charge >= 0.3 is 0 Å². The second-order valence-electron chi connectivity index (χ2n) is 6.00. The highest BCUT2D eigenvalue weighted by molar-refractivity contribution is 6.04. The van der Waals surface area contributed by atoms with E-state index in [2.05, 4.69) is 10.4 Å². The largest absolute Gasteiger partial charge is 0.394 e. The molecule has 1 amide bonds. The van der Waals surface area contributed by atoms with Crippen molar-refractivity contribution in [3.05, 3.63) is 71.3 Å². The predicted octanol–water partition coefficient (Wildman–Crippen LogP) is 3.41. The Morgan fingerprint density at radius 2 is 1.84 bits per heavy atom. The first-order valence-electron chi connectivity index (χ1n) is 8.21. The van der Waals surface area contributed by atoms with Gasteiger partial charge in [0, 0.05) is 17.2 Å². The zero-order valence-corrected chi connectivity index (χ0v) is 14.4. The number of benzene rings is 2. The lowest BCUT2D eigenvalue weighted by molar-refractivity contribution is 0.102. The monoisotopic (exact) mass is 335 g/mol. The number of aryl methyl sites for hydroxylation is 2. The van der Waals surface area contributed by atoms with E-state index in [1.165, 1.54) is 0 Å².